The topological polar surface area (TPSA) is 32.3 Å². The van der Waals surface area contributed by atoms with E-state index in [-0.39, 0.29) is 12.1 Å². The molecule has 3 aromatic rings. The molecule has 0 bridgehead atoms. The van der Waals surface area contributed by atoms with E-state index in [0.717, 1.165) is 25.1 Å². The Bertz CT molecular complexity index is 1060. The second-order valence-electron chi connectivity index (χ2n) is 8.25. The Kier molecular flexibility index (Phi) is 5.34. The van der Waals surface area contributed by atoms with Crippen LogP contribution in [-0.2, 0) is 25.7 Å². The number of carbonyl (C=O) groups excluding carboxylic acids is 1. The van der Waals surface area contributed by atoms with Crippen LogP contribution in [0.2, 0.25) is 0 Å². The summed E-state index contributed by atoms with van der Waals surface area (Å²) >= 11 is 1.95. The van der Waals surface area contributed by atoms with Gasteiger partial charge >= 0.3 is 6.03 Å². The van der Waals surface area contributed by atoms with Gasteiger partial charge in [-0.25, -0.2) is 4.79 Å². The van der Waals surface area contributed by atoms with Gasteiger partial charge in [-0.1, -0.05) is 55.5 Å². The standard InChI is InChI=1S/C26H28N2OS/c1-2-18-10-6-8-14-22(18)27-26(29)28-17-16-21-20-13-7-9-15-23(20)30-25(21)24(28)19-11-4-3-5-12-19/h3-6,8,10-12,14,24H,2,7,9,13,15-17H2,1H3,(H,27,29)/t24-/m0/s1. The van der Waals surface area contributed by atoms with Gasteiger partial charge in [0, 0.05) is 22.0 Å². The van der Waals surface area contributed by atoms with E-state index in [1.54, 1.807) is 10.4 Å². The monoisotopic (exact) mass is 416 g/mol. The minimum atomic E-state index is -0.000612. The van der Waals surface area contributed by atoms with Gasteiger partial charge in [-0.2, -0.15) is 0 Å². The molecule has 0 fully saturated rings. The molecule has 1 atom stereocenters. The van der Waals surface area contributed by atoms with Gasteiger partial charge in [0.15, 0.2) is 0 Å². The summed E-state index contributed by atoms with van der Waals surface area (Å²) in [6.45, 7) is 2.89. The number of hydrogen-bond donors (Lipinski definition) is 1. The number of para-hydroxylation sites is 1. The molecule has 1 aliphatic heterocycles. The molecule has 2 aromatic carbocycles. The fourth-order valence-corrected chi connectivity index (χ4v) is 6.56. The van der Waals surface area contributed by atoms with Gasteiger partial charge in [0.1, 0.15) is 0 Å². The molecule has 2 aliphatic rings. The van der Waals surface area contributed by atoms with Gasteiger partial charge in [0.25, 0.3) is 0 Å². The van der Waals surface area contributed by atoms with Crippen LogP contribution in [0, 0.1) is 0 Å². The molecule has 1 N–H and O–H groups in total. The van der Waals surface area contributed by atoms with E-state index in [1.807, 2.05) is 34.4 Å². The Morgan fingerprint density at radius 2 is 1.77 bits per heavy atom. The number of thiophene rings is 1. The minimum absolute atomic E-state index is 0.000612. The number of rotatable bonds is 3. The molecule has 5 rings (SSSR count). The summed E-state index contributed by atoms with van der Waals surface area (Å²) in [7, 11) is 0. The molecule has 154 valence electrons. The highest BCUT2D eigenvalue weighted by molar-refractivity contribution is 7.12. The quantitative estimate of drug-likeness (QED) is 0.529. The van der Waals surface area contributed by atoms with Crippen molar-refractivity contribution in [2.45, 2.75) is 51.5 Å². The van der Waals surface area contributed by atoms with E-state index >= 15 is 0 Å². The Morgan fingerprint density at radius 1 is 1.00 bits per heavy atom. The summed E-state index contributed by atoms with van der Waals surface area (Å²) in [4.78, 5) is 18.5. The molecular formula is C26H28N2OS. The molecule has 2 amide bonds. The number of nitrogens with zero attached hydrogens (tertiary/aromatic N) is 1. The number of fused-ring (bicyclic) bond motifs is 3. The van der Waals surface area contributed by atoms with Crippen molar-refractivity contribution in [1.82, 2.24) is 4.90 Å². The summed E-state index contributed by atoms with van der Waals surface area (Å²) in [5.41, 5.74) is 6.43. The van der Waals surface area contributed by atoms with Gasteiger partial charge in [-0.15, -0.1) is 11.3 Å². The zero-order valence-electron chi connectivity index (χ0n) is 17.5. The van der Waals surface area contributed by atoms with Crippen molar-refractivity contribution in [1.29, 1.82) is 0 Å². The first-order valence-corrected chi connectivity index (χ1v) is 11.9. The number of urea groups is 1. The van der Waals surface area contributed by atoms with E-state index in [4.69, 9.17) is 0 Å². The van der Waals surface area contributed by atoms with Crippen molar-refractivity contribution in [3.63, 3.8) is 0 Å². The molecule has 1 aromatic heterocycles. The Morgan fingerprint density at radius 3 is 2.60 bits per heavy atom. The van der Waals surface area contributed by atoms with E-state index < -0.39 is 0 Å². The van der Waals surface area contributed by atoms with Gasteiger partial charge in [-0.3, -0.25) is 0 Å². The second kappa shape index (κ2) is 8.27. The van der Waals surface area contributed by atoms with E-state index in [2.05, 4.69) is 48.6 Å². The second-order valence-corrected chi connectivity index (χ2v) is 9.39. The lowest BCUT2D eigenvalue weighted by Crippen LogP contribution is -2.42. The molecule has 0 spiro atoms. The lowest BCUT2D eigenvalue weighted by atomic mass is 9.88. The number of hydrogen-bond acceptors (Lipinski definition) is 2. The fourth-order valence-electron chi connectivity index (χ4n) is 4.97. The molecule has 4 heteroatoms. The largest absolute Gasteiger partial charge is 0.322 e. The summed E-state index contributed by atoms with van der Waals surface area (Å²) in [5.74, 6) is 0. The number of amides is 2. The lowest BCUT2D eigenvalue weighted by molar-refractivity contribution is 0.195. The molecule has 30 heavy (non-hydrogen) atoms. The third-order valence-corrected chi connectivity index (χ3v) is 7.88. The maximum absolute atomic E-state index is 13.5. The minimum Gasteiger partial charge on any atom is -0.312 e. The van der Waals surface area contributed by atoms with Crippen molar-refractivity contribution in [3.05, 3.63) is 86.6 Å². The Labute approximate surface area is 182 Å². The maximum Gasteiger partial charge on any atom is 0.322 e. The molecule has 0 saturated carbocycles. The van der Waals surface area contributed by atoms with Crippen molar-refractivity contribution in [3.8, 4) is 0 Å². The fraction of sp³-hybridized carbons (Fsp3) is 0.346. The van der Waals surface area contributed by atoms with Crippen LogP contribution in [0.1, 0.15) is 57.8 Å². The average molecular weight is 417 g/mol. The van der Waals surface area contributed by atoms with Crippen LogP contribution < -0.4 is 5.32 Å². The van der Waals surface area contributed by atoms with E-state index in [1.165, 1.54) is 47.3 Å². The van der Waals surface area contributed by atoms with Crippen LogP contribution in [-0.4, -0.2) is 17.5 Å². The van der Waals surface area contributed by atoms with Gasteiger partial charge in [0.2, 0.25) is 0 Å². The number of benzene rings is 2. The first kappa shape index (κ1) is 19.4. The van der Waals surface area contributed by atoms with Crippen LogP contribution in [0.3, 0.4) is 0 Å². The zero-order chi connectivity index (χ0) is 20.5. The Hall–Kier alpha value is -2.59. The summed E-state index contributed by atoms with van der Waals surface area (Å²) in [6, 6.07) is 18.7. The van der Waals surface area contributed by atoms with Gasteiger partial charge in [-0.05, 0) is 66.8 Å². The molecule has 0 saturated heterocycles. The Balaban J connectivity index is 1.53. The zero-order valence-corrected chi connectivity index (χ0v) is 18.3. The molecule has 1 aliphatic carbocycles. The predicted molar refractivity (Wildman–Crippen MR) is 124 cm³/mol. The SMILES string of the molecule is CCc1ccccc1NC(=O)N1CCc2c(sc3c2CCCC3)[C@@H]1c1ccccc1. The van der Waals surface area contributed by atoms with Crippen LogP contribution in [0.25, 0.3) is 0 Å². The average Bonchev–Trinajstić information content (AvgIpc) is 3.18. The number of anilines is 1. The molecule has 0 unspecified atom stereocenters. The van der Waals surface area contributed by atoms with Gasteiger partial charge in [0.05, 0.1) is 6.04 Å². The molecule has 2 heterocycles. The lowest BCUT2D eigenvalue weighted by Gasteiger charge is -2.36. The van der Waals surface area contributed by atoms with Crippen LogP contribution in [0.5, 0.6) is 0 Å². The van der Waals surface area contributed by atoms with Gasteiger partial charge < -0.3 is 10.2 Å². The van der Waals surface area contributed by atoms with Crippen LogP contribution >= 0.6 is 11.3 Å². The molecule has 3 nitrogen and oxygen atoms in total. The molecule has 0 radical (unpaired) electrons. The highest BCUT2D eigenvalue weighted by atomic mass is 32.1. The summed E-state index contributed by atoms with van der Waals surface area (Å²) in [6.07, 6.45) is 6.86. The first-order valence-electron chi connectivity index (χ1n) is 11.1. The maximum atomic E-state index is 13.5. The van der Waals surface area contributed by atoms with E-state index in [0.29, 0.717) is 0 Å². The highest BCUT2D eigenvalue weighted by Gasteiger charge is 2.36. The summed E-state index contributed by atoms with van der Waals surface area (Å²) < 4.78 is 0. The smallest absolute Gasteiger partial charge is 0.312 e. The van der Waals surface area contributed by atoms with Crippen molar-refractivity contribution in [2.24, 2.45) is 0 Å². The third kappa shape index (κ3) is 3.43. The van der Waals surface area contributed by atoms with Crippen molar-refractivity contribution < 1.29 is 4.79 Å². The third-order valence-electron chi connectivity index (χ3n) is 6.49. The first-order chi connectivity index (χ1) is 14.8. The van der Waals surface area contributed by atoms with Crippen molar-refractivity contribution >= 4 is 23.1 Å². The number of nitrogens with one attached hydrogen (secondary N) is 1. The highest BCUT2D eigenvalue weighted by Crippen LogP contribution is 2.45. The number of aryl methyl sites for hydroxylation is 2. The predicted octanol–water partition coefficient (Wildman–Crippen LogP) is 6.37. The summed E-state index contributed by atoms with van der Waals surface area (Å²) in [5, 5.41) is 3.22. The normalized spacial score (nSPS) is 17.9. The number of carbonyl (C=O) groups is 1. The van der Waals surface area contributed by atoms with Crippen LogP contribution in [0.4, 0.5) is 10.5 Å². The van der Waals surface area contributed by atoms with E-state index in [9.17, 15) is 4.79 Å². The van der Waals surface area contributed by atoms with Crippen molar-refractivity contribution in [2.75, 3.05) is 11.9 Å². The van der Waals surface area contributed by atoms with Crippen LogP contribution in [0.15, 0.2) is 54.6 Å². The molecular weight excluding hydrogens is 388 g/mol.